The zero-order chi connectivity index (χ0) is 14.3. The van der Waals surface area contributed by atoms with Gasteiger partial charge in [0.1, 0.15) is 0 Å². The fourth-order valence-corrected chi connectivity index (χ4v) is 1.42. The molecule has 6 heteroatoms. The molecule has 6 nitrogen and oxygen atoms in total. The predicted molar refractivity (Wildman–Crippen MR) is 95.1 cm³/mol. The van der Waals surface area contributed by atoms with Crippen LogP contribution in [0.1, 0.15) is 81.1 Å². The number of esters is 2. The van der Waals surface area contributed by atoms with E-state index in [1.807, 2.05) is 0 Å². The molecule has 2 N–H and O–H groups in total. The van der Waals surface area contributed by atoms with Crippen LogP contribution in [0, 0.1) is 0 Å². The third-order valence-corrected chi connectivity index (χ3v) is 2.52. The number of aliphatic hydroxyl groups is 2. The molecular weight excluding hydrogens is 300 g/mol. The maximum atomic E-state index is 11.2. The molecule has 0 aliphatic heterocycles. The van der Waals surface area contributed by atoms with Crippen LogP contribution in [0.25, 0.3) is 0 Å². The van der Waals surface area contributed by atoms with E-state index in [1.165, 1.54) is 0 Å². The number of unbranched alkanes of at least 4 members (excludes halogenated alkanes) is 4. The maximum Gasteiger partial charge on any atom is 0.308 e. The molecule has 0 amide bonds. The molecular formula is C17H40O6. The molecule has 0 radical (unpaired) electrons. The van der Waals surface area contributed by atoms with Gasteiger partial charge in [0.2, 0.25) is 6.79 Å². The molecule has 0 atom stereocenters. The van der Waals surface area contributed by atoms with E-state index < -0.39 is 11.9 Å². The molecule has 0 saturated heterocycles. The molecule has 0 spiro atoms. The van der Waals surface area contributed by atoms with Crippen LogP contribution in [0.15, 0.2) is 0 Å². The molecule has 0 aliphatic rings. The zero-order valence-corrected chi connectivity index (χ0v) is 11.3. The highest BCUT2D eigenvalue weighted by molar-refractivity contribution is 5.70. The van der Waals surface area contributed by atoms with E-state index in [9.17, 15) is 9.59 Å². The molecule has 0 aliphatic carbocycles. The van der Waals surface area contributed by atoms with Gasteiger partial charge in [-0.1, -0.05) is 42.5 Å². The van der Waals surface area contributed by atoms with E-state index in [-0.39, 0.29) is 62.6 Å². The fraction of sp³-hybridized carbons (Fsp3) is 0.882. The first-order valence-electron chi connectivity index (χ1n) is 6.73. The number of ether oxygens (including phenoxy) is 2. The van der Waals surface area contributed by atoms with E-state index in [1.54, 1.807) is 0 Å². The van der Waals surface area contributed by atoms with Crippen LogP contribution in [0.4, 0.5) is 0 Å². The molecule has 0 aromatic heterocycles. The Balaban J connectivity index is -0.000000270. The summed E-state index contributed by atoms with van der Waals surface area (Å²) in [5.74, 6) is -0.794. The summed E-state index contributed by atoms with van der Waals surface area (Å²) in [5, 5.41) is 17.1. The quantitative estimate of drug-likeness (QED) is 0.320. The lowest BCUT2D eigenvalue weighted by atomic mass is 10.2. The molecule has 23 heavy (non-hydrogen) atoms. The highest BCUT2D eigenvalue weighted by atomic mass is 16.7. The van der Waals surface area contributed by atoms with Gasteiger partial charge in [0.05, 0.1) is 0 Å². The van der Waals surface area contributed by atoms with Crippen molar-refractivity contribution in [1.29, 1.82) is 0 Å². The maximum absolute atomic E-state index is 11.2. The standard InChI is InChI=1S/C13H24O6.4CH4/c14-9-5-1-3-7-12(16)18-11-19-13(17)8-4-2-6-10-15;;;;/h14-15H,1-11H2;4*1H4. The lowest BCUT2D eigenvalue weighted by Crippen LogP contribution is -2.12. The third kappa shape index (κ3) is 26.1. The molecule has 0 bridgehead atoms. The summed E-state index contributed by atoms with van der Waals surface area (Å²) >= 11 is 0. The largest absolute Gasteiger partial charge is 0.428 e. The van der Waals surface area contributed by atoms with E-state index in [0.717, 1.165) is 12.8 Å². The SMILES string of the molecule is C.C.C.C.O=C(CCCCCO)OCOC(=O)CCCCCO. The Hall–Kier alpha value is -1.14. The predicted octanol–water partition coefficient (Wildman–Crippen LogP) is 3.68. The summed E-state index contributed by atoms with van der Waals surface area (Å²) in [6, 6.07) is 0. The monoisotopic (exact) mass is 340 g/mol. The van der Waals surface area contributed by atoms with Gasteiger partial charge in [-0.25, -0.2) is 0 Å². The molecule has 0 fully saturated rings. The van der Waals surface area contributed by atoms with Gasteiger partial charge in [-0.05, 0) is 25.7 Å². The number of hydrogen-bond acceptors (Lipinski definition) is 6. The fourth-order valence-electron chi connectivity index (χ4n) is 1.42. The van der Waals surface area contributed by atoms with Crippen LogP contribution in [-0.4, -0.2) is 42.2 Å². The van der Waals surface area contributed by atoms with Gasteiger partial charge in [-0.3, -0.25) is 9.59 Å². The molecule has 0 saturated carbocycles. The molecule has 0 rings (SSSR count). The summed E-state index contributed by atoms with van der Waals surface area (Å²) in [7, 11) is 0. The second kappa shape index (κ2) is 25.8. The molecule has 0 aromatic carbocycles. The van der Waals surface area contributed by atoms with Gasteiger partial charge in [0, 0.05) is 26.1 Å². The first-order chi connectivity index (χ1) is 9.20. The minimum Gasteiger partial charge on any atom is -0.428 e. The lowest BCUT2D eigenvalue weighted by molar-refractivity contribution is -0.167. The Morgan fingerprint density at radius 1 is 0.609 bits per heavy atom. The van der Waals surface area contributed by atoms with Crippen LogP contribution in [0.5, 0.6) is 0 Å². The van der Waals surface area contributed by atoms with Gasteiger partial charge in [-0.15, -0.1) is 0 Å². The van der Waals surface area contributed by atoms with Crippen molar-refractivity contribution in [3.8, 4) is 0 Å². The second-order valence-corrected chi connectivity index (χ2v) is 4.22. The third-order valence-electron chi connectivity index (χ3n) is 2.52. The van der Waals surface area contributed by atoms with Crippen molar-refractivity contribution in [3.63, 3.8) is 0 Å². The average molecular weight is 341 g/mol. The molecule has 0 heterocycles. The minimum atomic E-state index is -0.397. The van der Waals surface area contributed by atoms with E-state index in [2.05, 4.69) is 0 Å². The van der Waals surface area contributed by atoms with Gasteiger partial charge >= 0.3 is 11.9 Å². The number of carbonyl (C=O) groups is 2. The molecule has 0 unspecified atom stereocenters. The smallest absolute Gasteiger partial charge is 0.308 e. The number of rotatable bonds is 12. The van der Waals surface area contributed by atoms with Crippen molar-refractivity contribution in [3.05, 3.63) is 0 Å². The summed E-state index contributed by atoms with van der Waals surface area (Å²) in [6.45, 7) is -0.0798. The Bertz CT molecular complexity index is 219. The van der Waals surface area contributed by atoms with Crippen molar-refractivity contribution in [2.75, 3.05) is 20.0 Å². The van der Waals surface area contributed by atoms with Crippen molar-refractivity contribution >= 4 is 11.9 Å². The van der Waals surface area contributed by atoms with Crippen LogP contribution < -0.4 is 0 Å². The van der Waals surface area contributed by atoms with Crippen LogP contribution >= 0.6 is 0 Å². The Morgan fingerprint density at radius 2 is 0.957 bits per heavy atom. The second-order valence-electron chi connectivity index (χ2n) is 4.22. The van der Waals surface area contributed by atoms with Crippen LogP contribution in [0.3, 0.4) is 0 Å². The normalized spacial score (nSPS) is 8.43. The van der Waals surface area contributed by atoms with Gasteiger partial charge in [-0.2, -0.15) is 0 Å². The first-order valence-corrected chi connectivity index (χ1v) is 6.73. The number of hydrogen-bond donors (Lipinski definition) is 2. The van der Waals surface area contributed by atoms with E-state index in [4.69, 9.17) is 19.7 Å². The topological polar surface area (TPSA) is 93.1 Å². The van der Waals surface area contributed by atoms with Crippen molar-refractivity contribution < 1.29 is 29.3 Å². The Kier molecular flexibility index (Phi) is 37.5. The molecule has 144 valence electrons. The van der Waals surface area contributed by atoms with Gasteiger partial charge in [0.15, 0.2) is 0 Å². The van der Waals surface area contributed by atoms with E-state index in [0.29, 0.717) is 25.7 Å². The zero-order valence-electron chi connectivity index (χ0n) is 11.3. The highest BCUT2D eigenvalue weighted by Crippen LogP contribution is 2.02. The van der Waals surface area contributed by atoms with Gasteiger partial charge in [0.25, 0.3) is 0 Å². The highest BCUT2D eigenvalue weighted by Gasteiger charge is 2.06. The Morgan fingerprint density at radius 3 is 1.26 bits per heavy atom. The summed E-state index contributed by atoms with van der Waals surface area (Å²) in [4.78, 5) is 22.4. The van der Waals surface area contributed by atoms with Crippen LogP contribution in [-0.2, 0) is 19.1 Å². The summed E-state index contributed by atoms with van der Waals surface area (Å²) in [5.41, 5.74) is 0. The first kappa shape index (κ1) is 33.5. The van der Waals surface area contributed by atoms with Crippen molar-refractivity contribution in [2.45, 2.75) is 81.1 Å². The summed E-state index contributed by atoms with van der Waals surface area (Å²) < 4.78 is 9.47. The van der Waals surface area contributed by atoms with Crippen LogP contribution in [0.2, 0.25) is 0 Å². The van der Waals surface area contributed by atoms with Crippen molar-refractivity contribution in [2.24, 2.45) is 0 Å². The van der Waals surface area contributed by atoms with E-state index >= 15 is 0 Å². The van der Waals surface area contributed by atoms with Gasteiger partial charge < -0.3 is 19.7 Å². The Labute approximate surface area is 143 Å². The summed E-state index contributed by atoms with van der Waals surface area (Å²) in [6.07, 6.45) is 4.77. The molecule has 0 aromatic rings. The number of carbonyl (C=O) groups excluding carboxylic acids is 2. The lowest BCUT2D eigenvalue weighted by Gasteiger charge is -2.06. The number of aliphatic hydroxyl groups excluding tert-OH is 2. The minimum absolute atomic E-state index is 0. The van der Waals surface area contributed by atoms with Crippen molar-refractivity contribution in [1.82, 2.24) is 0 Å². The average Bonchev–Trinajstić information content (AvgIpc) is 2.40.